The molecule has 0 aliphatic rings. The van der Waals surface area contributed by atoms with Crippen LogP contribution in [0.15, 0.2) is 42.9 Å². The summed E-state index contributed by atoms with van der Waals surface area (Å²) < 4.78 is 32.1. The highest BCUT2D eigenvalue weighted by Gasteiger charge is 2.15. The van der Waals surface area contributed by atoms with Crippen LogP contribution < -0.4 is 9.46 Å². The van der Waals surface area contributed by atoms with Gasteiger partial charge in [-0.3, -0.25) is 14.7 Å². The van der Waals surface area contributed by atoms with Crippen molar-refractivity contribution < 1.29 is 13.2 Å². The van der Waals surface area contributed by atoms with E-state index in [9.17, 15) is 8.42 Å². The second-order valence-electron chi connectivity index (χ2n) is 6.66. The molecule has 3 rings (SSSR count). The number of hydrogen-bond acceptors (Lipinski definition) is 5. The molecule has 3 aromatic rings. The third-order valence-corrected chi connectivity index (χ3v) is 4.78. The van der Waals surface area contributed by atoms with Crippen molar-refractivity contribution in [2.75, 3.05) is 11.0 Å². The van der Waals surface area contributed by atoms with Gasteiger partial charge in [-0.15, -0.1) is 0 Å². The summed E-state index contributed by atoms with van der Waals surface area (Å²) in [5.41, 5.74) is 4.53. The molecule has 0 bridgehead atoms. The first-order chi connectivity index (χ1) is 13.1. The number of aryl methyl sites for hydroxylation is 3. The number of aromatic nitrogens is 2. The molecule has 1 N–H and O–H groups in total. The topological polar surface area (TPSA) is 81.2 Å². The van der Waals surface area contributed by atoms with Crippen molar-refractivity contribution >= 4 is 27.3 Å². The van der Waals surface area contributed by atoms with E-state index in [2.05, 4.69) is 14.7 Å². The SMILES string of the molecule is Cc1cc(C)c(Oc2cc(-c3cncc(Cl)c3)ncc2NS(C)(=O)=O)c(C)c1. The van der Waals surface area contributed by atoms with Gasteiger partial charge in [-0.2, -0.15) is 0 Å². The van der Waals surface area contributed by atoms with E-state index in [0.29, 0.717) is 27.8 Å². The molecule has 0 amide bonds. The maximum absolute atomic E-state index is 11.8. The van der Waals surface area contributed by atoms with Crippen LogP contribution in [0.25, 0.3) is 11.3 Å². The fourth-order valence-electron chi connectivity index (χ4n) is 2.95. The number of hydrogen-bond donors (Lipinski definition) is 1. The minimum Gasteiger partial charge on any atom is -0.454 e. The lowest BCUT2D eigenvalue weighted by atomic mass is 10.1. The Morgan fingerprint density at radius 1 is 1.00 bits per heavy atom. The van der Waals surface area contributed by atoms with Crippen LogP contribution in [-0.4, -0.2) is 24.6 Å². The molecule has 0 aliphatic heterocycles. The summed E-state index contributed by atoms with van der Waals surface area (Å²) in [6.45, 7) is 5.90. The molecule has 0 saturated carbocycles. The predicted octanol–water partition coefficient (Wildman–Crippen LogP) is 4.89. The number of anilines is 1. The van der Waals surface area contributed by atoms with E-state index in [-0.39, 0.29) is 5.69 Å². The zero-order valence-electron chi connectivity index (χ0n) is 15.9. The molecule has 0 atom stereocenters. The van der Waals surface area contributed by atoms with Gasteiger partial charge in [-0.05, 0) is 38.0 Å². The van der Waals surface area contributed by atoms with Crippen molar-refractivity contribution in [1.82, 2.24) is 9.97 Å². The van der Waals surface area contributed by atoms with Crippen molar-refractivity contribution in [2.24, 2.45) is 0 Å². The first kappa shape index (κ1) is 20.1. The van der Waals surface area contributed by atoms with Gasteiger partial charge in [0.15, 0.2) is 5.75 Å². The van der Waals surface area contributed by atoms with E-state index >= 15 is 0 Å². The lowest BCUT2D eigenvalue weighted by Crippen LogP contribution is -2.11. The number of sulfonamides is 1. The molecule has 2 heterocycles. The number of pyridine rings is 2. The summed E-state index contributed by atoms with van der Waals surface area (Å²) in [5.74, 6) is 1.01. The van der Waals surface area contributed by atoms with Crippen molar-refractivity contribution in [2.45, 2.75) is 20.8 Å². The fraction of sp³-hybridized carbons (Fsp3) is 0.200. The molecule has 2 aromatic heterocycles. The van der Waals surface area contributed by atoms with Gasteiger partial charge >= 0.3 is 0 Å². The maximum Gasteiger partial charge on any atom is 0.229 e. The lowest BCUT2D eigenvalue weighted by Gasteiger charge is -2.17. The number of nitrogens with one attached hydrogen (secondary N) is 1. The Morgan fingerprint density at radius 3 is 2.29 bits per heavy atom. The molecule has 0 radical (unpaired) electrons. The zero-order chi connectivity index (χ0) is 20.5. The highest BCUT2D eigenvalue weighted by atomic mass is 35.5. The molecule has 1 aromatic carbocycles. The van der Waals surface area contributed by atoms with E-state index in [4.69, 9.17) is 16.3 Å². The number of nitrogens with zero attached hydrogens (tertiary/aromatic N) is 2. The van der Waals surface area contributed by atoms with E-state index in [1.807, 2.05) is 32.9 Å². The largest absolute Gasteiger partial charge is 0.454 e. The Balaban J connectivity index is 2.11. The first-order valence-electron chi connectivity index (χ1n) is 8.47. The van der Waals surface area contributed by atoms with Gasteiger partial charge in [0, 0.05) is 24.0 Å². The van der Waals surface area contributed by atoms with Crippen LogP contribution in [0, 0.1) is 20.8 Å². The Hall–Kier alpha value is -2.64. The van der Waals surface area contributed by atoms with Crippen LogP contribution in [-0.2, 0) is 10.0 Å². The summed E-state index contributed by atoms with van der Waals surface area (Å²) in [6.07, 6.45) is 5.66. The summed E-state index contributed by atoms with van der Waals surface area (Å²) >= 11 is 6.03. The average Bonchev–Trinajstić information content (AvgIpc) is 2.58. The van der Waals surface area contributed by atoms with Crippen LogP contribution in [0.1, 0.15) is 16.7 Å². The third-order valence-electron chi connectivity index (χ3n) is 3.98. The zero-order valence-corrected chi connectivity index (χ0v) is 17.5. The number of halogens is 1. The number of benzene rings is 1. The highest BCUT2D eigenvalue weighted by Crippen LogP contribution is 2.36. The summed E-state index contributed by atoms with van der Waals surface area (Å²) in [5, 5.41) is 0.477. The summed E-state index contributed by atoms with van der Waals surface area (Å²) in [4.78, 5) is 8.40. The van der Waals surface area contributed by atoms with E-state index in [1.165, 1.54) is 12.4 Å². The van der Waals surface area contributed by atoms with E-state index < -0.39 is 10.0 Å². The second kappa shape index (κ2) is 7.77. The van der Waals surface area contributed by atoms with Gasteiger partial charge in [-0.25, -0.2) is 8.42 Å². The summed E-state index contributed by atoms with van der Waals surface area (Å²) in [7, 11) is -3.51. The quantitative estimate of drug-likeness (QED) is 0.639. The molecule has 0 fully saturated rings. The molecular formula is C20H20ClN3O3S. The van der Waals surface area contributed by atoms with Crippen molar-refractivity contribution in [3.63, 3.8) is 0 Å². The monoisotopic (exact) mass is 417 g/mol. The molecule has 28 heavy (non-hydrogen) atoms. The Bertz CT molecular complexity index is 1120. The van der Waals surface area contributed by atoms with Crippen LogP contribution in [0.3, 0.4) is 0 Å². The van der Waals surface area contributed by atoms with E-state index in [1.54, 1.807) is 18.3 Å². The van der Waals surface area contributed by atoms with Crippen LogP contribution in [0.5, 0.6) is 11.5 Å². The Labute approximate surface area is 169 Å². The van der Waals surface area contributed by atoms with Gasteiger partial charge in [-0.1, -0.05) is 29.3 Å². The number of rotatable bonds is 5. The van der Waals surface area contributed by atoms with Crippen LogP contribution >= 0.6 is 11.6 Å². The van der Waals surface area contributed by atoms with Gasteiger partial charge in [0.25, 0.3) is 0 Å². The molecule has 0 spiro atoms. The maximum atomic E-state index is 11.8. The minimum absolute atomic E-state index is 0.251. The fourth-order valence-corrected chi connectivity index (χ4v) is 3.67. The second-order valence-corrected chi connectivity index (χ2v) is 8.85. The van der Waals surface area contributed by atoms with Gasteiger partial charge in [0.2, 0.25) is 10.0 Å². The van der Waals surface area contributed by atoms with Crippen molar-refractivity contribution in [1.29, 1.82) is 0 Å². The smallest absolute Gasteiger partial charge is 0.229 e. The Morgan fingerprint density at radius 2 is 1.68 bits per heavy atom. The minimum atomic E-state index is -3.51. The van der Waals surface area contributed by atoms with E-state index in [0.717, 1.165) is 22.9 Å². The van der Waals surface area contributed by atoms with Crippen LogP contribution in [0.2, 0.25) is 5.02 Å². The normalized spacial score (nSPS) is 11.3. The molecule has 0 aliphatic carbocycles. The first-order valence-corrected chi connectivity index (χ1v) is 10.7. The lowest BCUT2D eigenvalue weighted by molar-refractivity contribution is 0.476. The predicted molar refractivity (Wildman–Crippen MR) is 112 cm³/mol. The molecule has 6 nitrogen and oxygen atoms in total. The standard InChI is InChI=1S/C20H20ClN3O3S/c1-12-5-13(2)20(14(3)6-12)27-19-8-17(15-7-16(21)10-22-9-15)23-11-18(19)24-28(4,25)26/h5-11,24H,1-4H3. The average molecular weight is 418 g/mol. The highest BCUT2D eigenvalue weighted by molar-refractivity contribution is 7.92. The molecule has 8 heteroatoms. The van der Waals surface area contributed by atoms with Gasteiger partial charge < -0.3 is 4.74 Å². The molecular weight excluding hydrogens is 398 g/mol. The Kier molecular flexibility index (Phi) is 5.58. The summed E-state index contributed by atoms with van der Waals surface area (Å²) in [6, 6.07) is 7.41. The van der Waals surface area contributed by atoms with Gasteiger partial charge in [0.05, 0.1) is 23.2 Å². The number of ether oxygens (including phenoxy) is 1. The molecule has 0 unspecified atom stereocenters. The molecule has 146 valence electrons. The van der Waals surface area contributed by atoms with Gasteiger partial charge in [0.1, 0.15) is 11.4 Å². The van der Waals surface area contributed by atoms with Crippen LogP contribution in [0.4, 0.5) is 5.69 Å². The third kappa shape index (κ3) is 4.79. The molecule has 0 saturated heterocycles. The van der Waals surface area contributed by atoms with Crippen molar-refractivity contribution in [3.8, 4) is 22.8 Å². The van der Waals surface area contributed by atoms with Crippen molar-refractivity contribution in [3.05, 3.63) is 64.6 Å².